The minimum absolute atomic E-state index is 0.0173. The van der Waals surface area contributed by atoms with Crippen LogP contribution in [0, 0.1) is 19.8 Å². The Bertz CT molecular complexity index is 643. The van der Waals surface area contributed by atoms with Crippen molar-refractivity contribution in [1.29, 1.82) is 0 Å². The van der Waals surface area contributed by atoms with Crippen molar-refractivity contribution < 1.29 is 9.59 Å². The van der Waals surface area contributed by atoms with Crippen molar-refractivity contribution in [1.82, 2.24) is 5.32 Å². The molecule has 2 amide bonds. The molecular formula is C20H27ClN2O2. The third-order valence-electron chi connectivity index (χ3n) is 5.37. The zero-order valence-corrected chi connectivity index (χ0v) is 15.9. The fraction of sp³-hybridized carbons (Fsp3) is 0.600. The number of hydrogen-bond donors (Lipinski definition) is 1. The number of nitrogens with one attached hydrogen (secondary N) is 1. The minimum Gasteiger partial charge on any atom is -0.353 e. The number of carbonyl (C=O) groups is 2. The Labute approximate surface area is 154 Å². The fourth-order valence-electron chi connectivity index (χ4n) is 4.09. The van der Waals surface area contributed by atoms with Crippen LogP contribution in [0.5, 0.6) is 0 Å². The summed E-state index contributed by atoms with van der Waals surface area (Å²) in [7, 11) is 0. The maximum Gasteiger partial charge on any atom is 0.227 e. The highest BCUT2D eigenvalue weighted by atomic mass is 35.5. The molecule has 1 aliphatic carbocycles. The smallest absolute Gasteiger partial charge is 0.227 e. The van der Waals surface area contributed by atoms with Gasteiger partial charge >= 0.3 is 0 Å². The molecule has 25 heavy (non-hydrogen) atoms. The number of carbonyl (C=O) groups excluding carboxylic acids is 2. The quantitative estimate of drug-likeness (QED) is 0.821. The maximum atomic E-state index is 12.6. The van der Waals surface area contributed by atoms with Crippen LogP contribution in [0.15, 0.2) is 12.1 Å². The number of amides is 2. The van der Waals surface area contributed by atoms with E-state index in [0.717, 1.165) is 29.7 Å². The minimum atomic E-state index is -0.285. The lowest BCUT2D eigenvalue weighted by Crippen LogP contribution is -2.39. The Balaban J connectivity index is 1.69. The molecule has 3 rings (SSSR count). The number of nitrogens with zero attached hydrogens (tertiary/aromatic N) is 1. The SMILES string of the molecule is Cc1cc(C)c(N2CC(C(=O)NC3CCCCCC3)CC2=O)c(Cl)c1. The van der Waals surface area contributed by atoms with E-state index < -0.39 is 0 Å². The first kappa shape index (κ1) is 18.2. The monoisotopic (exact) mass is 362 g/mol. The van der Waals surface area contributed by atoms with Crippen molar-refractivity contribution in [3.63, 3.8) is 0 Å². The maximum absolute atomic E-state index is 12.6. The molecule has 1 aromatic carbocycles. The second-order valence-electron chi connectivity index (χ2n) is 7.51. The number of benzene rings is 1. The predicted molar refractivity (Wildman–Crippen MR) is 101 cm³/mol. The van der Waals surface area contributed by atoms with Crippen molar-refractivity contribution in [3.05, 3.63) is 28.3 Å². The van der Waals surface area contributed by atoms with Crippen molar-refractivity contribution in [2.45, 2.75) is 64.8 Å². The third kappa shape index (κ3) is 4.17. The molecule has 136 valence electrons. The van der Waals surface area contributed by atoms with Crippen LogP contribution in [0.2, 0.25) is 5.02 Å². The van der Waals surface area contributed by atoms with Crippen LogP contribution in [-0.4, -0.2) is 24.4 Å². The summed E-state index contributed by atoms with van der Waals surface area (Å²) in [5.41, 5.74) is 2.80. The topological polar surface area (TPSA) is 49.4 Å². The molecule has 0 radical (unpaired) electrons. The van der Waals surface area contributed by atoms with Crippen LogP contribution in [0.1, 0.15) is 56.1 Å². The molecular weight excluding hydrogens is 336 g/mol. The Kier molecular flexibility index (Phi) is 5.67. The zero-order chi connectivity index (χ0) is 18.0. The number of hydrogen-bond acceptors (Lipinski definition) is 2. The summed E-state index contributed by atoms with van der Waals surface area (Å²) in [6, 6.07) is 4.16. The number of rotatable bonds is 3. The second-order valence-corrected chi connectivity index (χ2v) is 7.92. The molecule has 1 atom stereocenters. The number of aryl methyl sites for hydroxylation is 2. The predicted octanol–water partition coefficient (Wildman–Crippen LogP) is 4.15. The van der Waals surface area contributed by atoms with E-state index in [1.54, 1.807) is 4.90 Å². The van der Waals surface area contributed by atoms with Gasteiger partial charge in [-0.05, 0) is 43.9 Å². The molecule has 5 heteroatoms. The normalized spacial score (nSPS) is 22.1. The van der Waals surface area contributed by atoms with Crippen LogP contribution in [0.25, 0.3) is 0 Å². The van der Waals surface area contributed by atoms with Gasteiger partial charge in [0.25, 0.3) is 0 Å². The van der Waals surface area contributed by atoms with E-state index >= 15 is 0 Å². The summed E-state index contributed by atoms with van der Waals surface area (Å²) in [5, 5.41) is 3.76. The van der Waals surface area contributed by atoms with Gasteiger partial charge in [-0.2, -0.15) is 0 Å². The molecule has 2 aliphatic rings. The highest BCUT2D eigenvalue weighted by molar-refractivity contribution is 6.34. The molecule has 1 aromatic rings. The number of anilines is 1. The van der Waals surface area contributed by atoms with Crippen molar-refractivity contribution in [3.8, 4) is 0 Å². The molecule has 1 N–H and O–H groups in total. The van der Waals surface area contributed by atoms with Crippen LogP contribution < -0.4 is 10.2 Å². The summed E-state index contributed by atoms with van der Waals surface area (Å²) in [6.45, 7) is 4.36. The van der Waals surface area contributed by atoms with E-state index in [2.05, 4.69) is 5.32 Å². The van der Waals surface area contributed by atoms with E-state index in [0.29, 0.717) is 11.6 Å². The molecule has 1 aliphatic heterocycles. The van der Waals surface area contributed by atoms with Crippen LogP contribution in [-0.2, 0) is 9.59 Å². The first-order valence-electron chi connectivity index (χ1n) is 9.33. The highest BCUT2D eigenvalue weighted by Gasteiger charge is 2.37. The summed E-state index contributed by atoms with van der Waals surface area (Å²) >= 11 is 6.39. The van der Waals surface area contributed by atoms with Gasteiger partial charge in [0, 0.05) is 19.0 Å². The number of halogens is 1. The standard InChI is InChI=1S/C20H27ClN2O2/c1-13-9-14(2)19(17(21)10-13)23-12-15(11-18(23)24)20(25)22-16-7-5-3-4-6-8-16/h9-10,15-16H,3-8,11-12H2,1-2H3,(H,22,25). The summed E-state index contributed by atoms with van der Waals surface area (Å²) < 4.78 is 0. The largest absolute Gasteiger partial charge is 0.353 e. The van der Waals surface area contributed by atoms with Crippen LogP contribution >= 0.6 is 11.6 Å². The Hall–Kier alpha value is -1.55. The Morgan fingerprint density at radius 3 is 2.48 bits per heavy atom. The van der Waals surface area contributed by atoms with Crippen LogP contribution in [0.3, 0.4) is 0 Å². The van der Waals surface area contributed by atoms with Gasteiger partial charge in [0.15, 0.2) is 0 Å². The van der Waals surface area contributed by atoms with Gasteiger partial charge in [-0.15, -0.1) is 0 Å². The van der Waals surface area contributed by atoms with Gasteiger partial charge in [-0.1, -0.05) is 43.4 Å². The first-order chi connectivity index (χ1) is 12.0. The van der Waals surface area contributed by atoms with Gasteiger partial charge in [0.05, 0.1) is 16.6 Å². The van der Waals surface area contributed by atoms with E-state index in [9.17, 15) is 9.59 Å². The van der Waals surface area contributed by atoms with Crippen molar-refractivity contribution in [2.24, 2.45) is 5.92 Å². The fourth-order valence-corrected chi connectivity index (χ4v) is 4.52. The first-order valence-corrected chi connectivity index (χ1v) is 9.71. The van der Waals surface area contributed by atoms with Crippen LogP contribution in [0.4, 0.5) is 5.69 Å². The average molecular weight is 363 g/mol. The van der Waals surface area contributed by atoms with E-state index in [1.807, 2.05) is 26.0 Å². The second kappa shape index (κ2) is 7.77. The van der Waals surface area contributed by atoms with Gasteiger partial charge in [0.2, 0.25) is 11.8 Å². The molecule has 1 heterocycles. The van der Waals surface area contributed by atoms with E-state index in [1.165, 1.54) is 25.7 Å². The summed E-state index contributed by atoms with van der Waals surface area (Å²) in [6.07, 6.45) is 7.25. The lowest BCUT2D eigenvalue weighted by Gasteiger charge is -2.22. The van der Waals surface area contributed by atoms with Gasteiger partial charge in [-0.25, -0.2) is 0 Å². The summed E-state index contributed by atoms with van der Waals surface area (Å²) in [5.74, 6) is -0.286. The lowest BCUT2D eigenvalue weighted by atomic mass is 10.0. The molecule has 1 saturated heterocycles. The van der Waals surface area contributed by atoms with Gasteiger partial charge < -0.3 is 10.2 Å². The third-order valence-corrected chi connectivity index (χ3v) is 5.65. The zero-order valence-electron chi connectivity index (χ0n) is 15.1. The molecule has 1 unspecified atom stereocenters. The molecule has 2 fully saturated rings. The molecule has 0 bridgehead atoms. The van der Waals surface area contributed by atoms with Gasteiger partial charge in [0.1, 0.15) is 0 Å². The molecule has 4 nitrogen and oxygen atoms in total. The molecule has 1 saturated carbocycles. The lowest BCUT2D eigenvalue weighted by molar-refractivity contribution is -0.127. The van der Waals surface area contributed by atoms with E-state index in [-0.39, 0.29) is 30.2 Å². The Morgan fingerprint density at radius 2 is 1.84 bits per heavy atom. The average Bonchev–Trinajstić information content (AvgIpc) is 2.75. The highest BCUT2D eigenvalue weighted by Crippen LogP contribution is 2.35. The molecule has 0 spiro atoms. The van der Waals surface area contributed by atoms with E-state index in [4.69, 9.17) is 11.6 Å². The Morgan fingerprint density at radius 1 is 1.16 bits per heavy atom. The molecule has 0 aromatic heterocycles. The van der Waals surface area contributed by atoms with Gasteiger partial charge in [-0.3, -0.25) is 9.59 Å². The van der Waals surface area contributed by atoms with Crippen molar-refractivity contribution >= 4 is 29.1 Å². The summed E-state index contributed by atoms with van der Waals surface area (Å²) in [4.78, 5) is 26.9. The van der Waals surface area contributed by atoms with Crippen molar-refractivity contribution in [2.75, 3.05) is 11.4 Å².